The predicted octanol–water partition coefficient (Wildman–Crippen LogP) is 9.31. The molecule has 2 nitrogen and oxygen atoms in total. The van der Waals surface area contributed by atoms with Crippen LogP contribution in [0, 0.1) is 0 Å². The standard InChI is InChI=1S/C38H41BNOS/c1-7-18-34(30-21-13-9-14-22-30)36(32-25-17-26-33(27-32)39-41-37(3,4)38(5,6)42)40-35(31-23-15-10-16-24-31)28(2)29-19-11-8-12-20-29/h8-27,42H,7H2,1-6H3/b34-18+,35-28+,40-36-. The number of hydrogen-bond acceptors (Lipinski definition) is 3. The Morgan fingerprint density at radius 3 is 1.81 bits per heavy atom. The molecule has 213 valence electrons. The van der Waals surface area contributed by atoms with E-state index in [4.69, 9.17) is 22.3 Å². The quantitative estimate of drug-likeness (QED) is 0.0825. The third-order valence-corrected chi connectivity index (χ3v) is 8.24. The molecule has 0 spiro atoms. The summed E-state index contributed by atoms with van der Waals surface area (Å²) in [6, 6.07) is 39.9. The fourth-order valence-corrected chi connectivity index (χ4v) is 4.52. The van der Waals surface area contributed by atoms with Gasteiger partial charge in [-0.05, 0) is 57.7 Å². The third-order valence-electron chi connectivity index (χ3n) is 7.70. The van der Waals surface area contributed by atoms with E-state index in [1.165, 1.54) is 0 Å². The highest BCUT2D eigenvalue weighted by Gasteiger charge is 2.34. The van der Waals surface area contributed by atoms with Crippen LogP contribution in [0.1, 0.15) is 70.2 Å². The van der Waals surface area contributed by atoms with E-state index in [0.717, 1.165) is 56.7 Å². The van der Waals surface area contributed by atoms with Crippen LogP contribution in [0.15, 0.2) is 126 Å². The zero-order chi connectivity index (χ0) is 30.2. The molecule has 0 atom stereocenters. The van der Waals surface area contributed by atoms with Gasteiger partial charge in [-0.15, -0.1) is 0 Å². The maximum absolute atomic E-state index is 6.29. The third kappa shape index (κ3) is 7.82. The molecule has 42 heavy (non-hydrogen) atoms. The first-order chi connectivity index (χ1) is 20.1. The predicted molar refractivity (Wildman–Crippen MR) is 187 cm³/mol. The minimum atomic E-state index is -0.462. The smallest absolute Gasteiger partial charge is 0.330 e. The zero-order valence-corrected chi connectivity index (χ0v) is 26.5. The summed E-state index contributed by atoms with van der Waals surface area (Å²) in [5.74, 6) is 0. The Morgan fingerprint density at radius 1 is 0.738 bits per heavy atom. The number of thiol groups is 1. The van der Waals surface area contributed by atoms with Gasteiger partial charge in [-0.2, -0.15) is 12.6 Å². The summed E-state index contributed by atoms with van der Waals surface area (Å²) in [5, 5.41) is 0. The summed E-state index contributed by atoms with van der Waals surface area (Å²) in [4.78, 5) is 5.54. The van der Waals surface area contributed by atoms with E-state index in [2.05, 4.69) is 151 Å². The van der Waals surface area contributed by atoms with Gasteiger partial charge in [0.15, 0.2) is 0 Å². The van der Waals surface area contributed by atoms with Crippen molar-refractivity contribution in [2.75, 3.05) is 0 Å². The molecule has 0 N–H and O–H groups in total. The zero-order valence-electron chi connectivity index (χ0n) is 25.6. The number of allylic oxidation sites excluding steroid dienone is 3. The van der Waals surface area contributed by atoms with E-state index in [9.17, 15) is 0 Å². The second-order valence-electron chi connectivity index (χ2n) is 11.5. The summed E-state index contributed by atoms with van der Waals surface area (Å²) in [6.45, 7) is 12.6. The van der Waals surface area contributed by atoms with E-state index < -0.39 is 5.60 Å². The van der Waals surface area contributed by atoms with Crippen LogP contribution in [-0.2, 0) is 4.65 Å². The highest BCUT2D eigenvalue weighted by Crippen LogP contribution is 2.32. The Bertz CT molecular complexity index is 1550. The van der Waals surface area contributed by atoms with Gasteiger partial charge in [-0.25, -0.2) is 4.99 Å². The molecule has 0 bridgehead atoms. The Hall–Kier alpha value is -3.60. The number of rotatable bonds is 11. The van der Waals surface area contributed by atoms with Crippen LogP contribution in [0.4, 0.5) is 0 Å². The summed E-state index contributed by atoms with van der Waals surface area (Å²) in [6.07, 6.45) is 3.15. The first kappa shape index (κ1) is 31.3. The molecule has 0 fully saturated rings. The lowest BCUT2D eigenvalue weighted by Gasteiger charge is -2.38. The van der Waals surface area contributed by atoms with Crippen LogP contribution in [0.2, 0.25) is 0 Å². The second-order valence-corrected chi connectivity index (χ2v) is 12.6. The van der Waals surface area contributed by atoms with Crippen LogP contribution in [0.5, 0.6) is 0 Å². The Labute approximate surface area is 259 Å². The van der Waals surface area contributed by atoms with E-state index >= 15 is 0 Å². The van der Waals surface area contributed by atoms with Gasteiger partial charge in [0.2, 0.25) is 0 Å². The molecule has 4 rings (SSSR count). The van der Waals surface area contributed by atoms with Crippen molar-refractivity contribution in [2.45, 2.75) is 58.3 Å². The molecule has 4 aromatic carbocycles. The van der Waals surface area contributed by atoms with Gasteiger partial charge >= 0.3 is 7.48 Å². The molecule has 0 aromatic heterocycles. The molecule has 4 aromatic rings. The van der Waals surface area contributed by atoms with Crippen molar-refractivity contribution in [3.8, 4) is 0 Å². The summed E-state index contributed by atoms with van der Waals surface area (Å²) >= 11 is 4.77. The number of aliphatic imine (C=N–C) groups is 1. The van der Waals surface area contributed by atoms with Gasteiger partial charge in [-0.1, -0.05) is 134 Å². The fourth-order valence-electron chi connectivity index (χ4n) is 4.47. The van der Waals surface area contributed by atoms with Crippen LogP contribution in [0.3, 0.4) is 0 Å². The largest absolute Gasteiger partial charge is 0.428 e. The van der Waals surface area contributed by atoms with E-state index in [0.29, 0.717) is 0 Å². The molecule has 0 aliphatic rings. The van der Waals surface area contributed by atoms with Gasteiger partial charge in [0.05, 0.1) is 17.0 Å². The van der Waals surface area contributed by atoms with Crippen molar-refractivity contribution in [2.24, 2.45) is 4.99 Å². The monoisotopic (exact) mass is 570 g/mol. The van der Waals surface area contributed by atoms with Crippen molar-refractivity contribution in [1.82, 2.24) is 0 Å². The molecular formula is C38H41BNOS. The van der Waals surface area contributed by atoms with Crippen molar-refractivity contribution in [3.63, 3.8) is 0 Å². The molecule has 0 unspecified atom stereocenters. The molecular weight excluding hydrogens is 529 g/mol. The first-order valence-corrected chi connectivity index (χ1v) is 15.1. The fraction of sp³-hybridized carbons (Fsp3) is 0.237. The van der Waals surface area contributed by atoms with E-state index in [-0.39, 0.29) is 4.75 Å². The highest BCUT2D eigenvalue weighted by atomic mass is 32.1. The lowest BCUT2D eigenvalue weighted by molar-refractivity contribution is 0.0854. The Kier molecular flexibility index (Phi) is 10.5. The van der Waals surface area contributed by atoms with Crippen LogP contribution >= 0.6 is 12.6 Å². The van der Waals surface area contributed by atoms with E-state index in [1.54, 1.807) is 0 Å². The summed E-state index contributed by atoms with van der Waals surface area (Å²) < 4.78 is 5.97. The minimum absolute atomic E-state index is 0.317. The molecule has 4 heteroatoms. The second kappa shape index (κ2) is 14.0. The normalized spacial score (nSPS) is 13.5. The van der Waals surface area contributed by atoms with E-state index in [1.807, 2.05) is 19.6 Å². The molecule has 0 amide bonds. The average Bonchev–Trinajstić information content (AvgIpc) is 3.00. The highest BCUT2D eigenvalue weighted by molar-refractivity contribution is 7.81. The Morgan fingerprint density at radius 2 is 1.26 bits per heavy atom. The van der Waals surface area contributed by atoms with Gasteiger partial charge < -0.3 is 4.65 Å². The van der Waals surface area contributed by atoms with Crippen LogP contribution in [0.25, 0.3) is 16.8 Å². The molecule has 0 heterocycles. The van der Waals surface area contributed by atoms with Crippen molar-refractivity contribution < 1.29 is 4.65 Å². The minimum Gasteiger partial charge on any atom is -0.428 e. The number of hydrogen-bond donors (Lipinski definition) is 1. The van der Waals surface area contributed by atoms with Gasteiger partial charge in [-0.3, -0.25) is 0 Å². The van der Waals surface area contributed by atoms with Gasteiger partial charge in [0.1, 0.15) is 0 Å². The van der Waals surface area contributed by atoms with Crippen molar-refractivity contribution in [1.29, 1.82) is 0 Å². The molecule has 0 saturated carbocycles. The van der Waals surface area contributed by atoms with Crippen molar-refractivity contribution >= 4 is 48.1 Å². The number of nitrogens with zero attached hydrogens (tertiary/aromatic N) is 1. The van der Waals surface area contributed by atoms with Gasteiger partial charge in [0, 0.05) is 21.4 Å². The van der Waals surface area contributed by atoms with Crippen LogP contribution in [-0.4, -0.2) is 23.5 Å². The Balaban J connectivity index is 1.93. The van der Waals surface area contributed by atoms with Crippen LogP contribution < -0.4 is 5.46 Å². The summed E-state index contributed by atoms with van der Waals surface area (Å²) in [5.41, 5.74) is 8.96. The first-order valence-electron chi connectivity index (χ1n) is 14.6. The van der Waals surface area contributed by atoms with Crippen molar-refractivity contribution in [3.05, 3.63) is 144 Å². The lowest BCUT2D eigenvalue weighted by Crippen LogP contribution is -2.45. The lowest BCUT2D eigenvalue weighted by atomic mass is 9.82. The SMILES string of the molecule is CC/C=C(/C(=N\C(=C(/C)c1ccccc1)c1ccccc1)c1cccc([B]OC(C)(C)C(C)(C)S)c1)c1ccccc1. The molecule has 0 aliphatic carbocycles. The molecule has 0 aliphatic heterocycles. The van der Waals surface area contributed by atoms with Gasteiger partial charge in [0.25, 0.3) is 0 Å². The molecule has 0 saturated heterocycles. The average molecular weight is 571 g/mol. The summed E-state index contributed by atoms with van der Waals surface area (Å²) in [7, 11) is 1.84. The topological polar surface area (TPSA) is 21.6 Å². The number of benzene rings is 4. The molecule has 1 radical (unpaired) electrons. The maximum atomic E-state index is 6.29. The maximum Gasteiger partial charge on any atom is 0.330 e.